The second-order valence-electron chi connectivity index (χ2n) is 6.25. The molecule has 2 aromatic carbocycles. The van der Waals surface area contributed by atoms with Gasteiger partial charge in [-0.3, -0.25) is 9.69 Å². The van der Waals surface area contributed by atoms with Gasteiger partial charge in [0, 0.05) is 5.69 Å². The monoisotopic (exact) mass is 402 g/mol. The highest BCUT2D eigenvalue weighted by atomic mass is 35.5. The number of carbonyl (C=O) groups excluding carboxylic acids is 1. The number of halogens is 2. The van der Waals surface area contributed by atoms with Crippen LogP contribution in [0.4, 0.5) is 10.1 Å². The summed E-state index contributed by atoms with van der Waals surface area (Å²) in [6.45, 7) is 3.19. The molecule has 0 saturated heterocycles. The zero-order valence-electron chi connectivity index (χ0n) is 15.4. The minimum absolute atomic E-state index is 0.148. The second kappa shape index (κ2) is 9.43. The molecule has 1 heterocycles. The van der Waals surface area contributed by atoms with E-state index in [1.807, 2.05) is 24.0 Å². The molecule has 0 aliphatic carbocycles. The molecule has 0 unspecified atom stereocenters. The van der Waals surface area contributed by atoms with Gasteiger partial charge in [-0.05, 0) is 49.4 Å². The molecule has 28 heavy (non-hydrogen) atoms. The number of aromatic nitrogens is 2. The lowest BCUT2D eigenvalue weighted by atomic mass is 10.2. The van der Waals surface area contributed by atoms with E-state index in [0.717, 1.165) is 6.42 Å². The molecule has 146 valence electrons. The minimum atomic E-state index is -0.351. The molecule has 0 radical (unpaired) electrons. The molecule has 3 aromatic rings. The van der Waals surface area contributed by atoms with Crippen LogP contribution in [0.3, 0.4) is 0 Å². The summed E-state index contributed by atoms with van der Waals surface area (Å²) in [7, 11) is 0. The topological polar surface area (TPSA) is 71.3 Å². The van der Waals surface area contributed by atoms with Crippen LogP contribution in [-0.2, 0) is 11.3 Å². The Labute approximate surface area is 167 Å². The smallest absolute Gasteiger partial charge is 0.249 e. The molecule has 0 atom stereocenters. The molecular formula is C20H20ClFN4O2. The molecule has 0 saturated carbocycles. The fourth-order valence-corrected chi connectivity index (χ4v) is 2.94. The maximum atomic E-state index is 13.0. The molecule has 0 fully saturated rings. The molecular weight excluding hydrogens is 383 g/mol. The van der Waals surface area contributed by atoms with Crippen LogP contribution < -0.4 is 5.32 Å². The lowest BCUT2D eigenvalue weighted by Gasteiger charge is -2.19. The minimum Gasteiger partial charge on any atom is -0.419 e. The maximum absolute atomic E-state index is 13.0. The first kappa shape index (κ1) is 20.0. The van der Waals surface area contributed by atoms with Gasteiger partial charge in [-0.15, -0.1) is 10.2 Å². The summed E-state index contributed by atoms with van der Waals surface area (Å²) in [5.74, 6) is 0.188. The van der Waals surface area contributed by atoms with E-state index < -0.39 is 0 Å². The van der Waals surface area contributed by atoms with E-state index in [1.54, 1.807) is 12.1 Å². The number of benzene rings is 2. The van der Waals surface area contributed by atoms with Gasteiger partial charge < -0.3 is 9.73 Å². The van der Waals surface area contributed by atoms with Crippen LogP contribution in [0.2, 0.25) is 5.02 Å². The number of hydrogen-bond acceptors (Lipinski definition) is 5. The Bertz CT molecular complexity index is 930. The molecule has 0 aliphatic rings. The Hall–Kier alpha value is -2.77. The molecule has 0 spiro atoms. The van der Waals surface area contributed by atoms with Gasteiger partial charge in [-0.1, -0.05) is 30.7 Å². The van der Waals surface area contributed by atoms with Gasteiger partial charge in [-0.25, -0.2) is 4.39 Å². The second-order valence-corrected chi connectivity index (χ2v) is 6.65. The highest BCUT2D eigenvalue weighted by molar-refractivity contribution is 6.33. The van der Waals surface area contributed by atoms with Crippen molar-refractivity contribution in [1.29, 1.82) is 0 Å². The van der Waals surface area contributed by atoms with Gasteiger partial charge in [0.1, 0.15) is 5.82 Å². The zero-order valence-corrected chi connectivity index (χ0v) is 16.1. The van der Waals surface area contributed by atoms with Gasteiger partial charge in [0.2, 0.25) is 17.7 Å². The van der Waals surface area contributed by atoms with Crippen LogP contribution in [0.5, 0.6) is 0 Å². The number of amides is 1. The summed E-state index contributed by atoms with van der Waals surface area (Å²) >= 11 is 6.16. The SMILES string of the molecule is CCCN(CC(=O)Nc1ccc(F)cc1)Cc1nnc(-c2ccccc2Cl)o1. The van der Waals surface area contributed by atoms with Crippen molar-refractivity contribution in [3.8, 4) is 11.5 Å². The number of anilines is 1. The van der Waals surface area contributed by atoms with Crippen molar-refractivity contribution < 1.29 is 13.6 Å². The van der Waals surface area contributed by atoms with E-state index in [4.69, 9.17) is 16.0 Å². The van der Waals surface area contributed by atoms with Crippen LogP contribution in [0.25, 0.3) is 11.5 Å². The molecule has 3 rings (SSSR count). The Morgan fingerprint density at radius 2 is 1.93 bits per heavy atom. The van der Waals surface area contributed by atoms with Crippen LogP contribution >= 0.6 is 11.6 Å². The first-order valence-electron chi connectivity index (χ1n) is 8.90. The van der Waals surface area contributed by atoms with Gasteiger partial charge >= 0.3 is 0 Å². The first-order chi connectivity index (χ1) is 13.5. The standard InChI is InChI=1S/C20H20ClFN4O2/c1-2-11-26(12-18(27)23-15-9-7-14(22)8-10-15)13-19-24-25-20(28-19)16-5-3-4-6-17(16)21/h3-10H,2,11-13H2,1H3,(H,23,27). The lowest BCUT2D eigenvalue weighted by Crippen LogP contribution is -2.33. The van der Waals surface area contributed by atoms with Crippen molar-refractivity contribution in [1.82, 2.24) is 15.1 Å². The Balaban J connectivity index is 1.63. The van der Waals surface area contributed by atoms with E-state index >= 15 is 0 Å². The van der Waals surface area contributed by atoms with Crippen molar-refractivity contribution in [2.75, 3.05) is 18.4 Å². The van der Waals surface area contributed by atoms with Crippen molar-refractivity contribution in [3.05, 3.63) is 65.3 Å². The van der Waals surface area contributed by atoms with Gasteiger partial charge in [0.15, 0.2) is 0 Å². The third kappa shape index (κ3) is 5.37. The summed E-state index contributed by atoms with van der Waals surface area (Å²) in [4.78, 5) is 14.2. The summed E-state index contributed by atoms with van der Waals surface area (Å²) in [6.07, 6.45) is 0.856. The average molecular weight is 403 g/mol. The Morgan fingerprint density at radius 3 is 2.64 bits per heavy atom. The average Bonchev–Trinajstić information content (AvgIpc) is 3.12. The molecule has 6 nitrogen and oxygen atoms in total. The molecule has 0 bridgehead atoms. The normalized spacial score (nSPS) is 11.0. The third-order valence-electron chi connectivity index (χ3n) is 3.97. The van der Waals surface area contributed by atoms with E-state index in [-0.39, 0.29) is 18.3 Å². The number of carbonyl (C=O) groups is 1. The highest BCUT2D eigenvalue weighted by Gasteiger charge is 2.16. The molecule has 1 amide bonds. The van der Waals surface area contributed by atoms with Crippen LogP contribution in [0, 0.1) is 5.82 Å². The number of nitrogens with zero attached hydrogens (tertiary/aromatic N) is 3. The first-order valence-corrected chi connectivity index (χ1v) is 9.28. The highest BCUT2D eigenvalue weighted by Crippen LogP contribution is 2.26. The summed E-state index contributed by atoms with van der Waals surface area (Å²) in [5, 5.41) is 11.4. The summed E-state index contributed by atoms with van der Waals surface area (Å²) in [6, 6.07) is 12.9. The van der Waals surface area contributed by atoms with E-state index in [9.17, 15) is 9.18 Å². The quantitative estimate of drug-likeness (QED) is 0.605. The Morgan fingerprint density at radius 1 is 1.18 bits per heavy atom. The van der Waals surface area contributed by atoms with Crippen molar-refractivity contribution in [3.63, 3.8) is 0 Å². The summed E-state index contributed by atoms with van der Waals surface area (Å²) in [5.41, 5.74) is 1.21. The third-order valence-corrected chi connectivity index (χ3v) is 4.29. The van der Waals surface area contributed by atoms with E-state index in [2.05, 4.69) is 15.5 Å². The van der Waals surface area contributed by atoms with Gasteiger partial charge in [0.25, 0.3) is 0 Å². The van der Waals surface area contributed by atoms with Crippen LogP contribution in [0.1, 0.15) is 19.2 Å². The molecule has 1 N–H and O–H groups in total. The van der Waals surface area contributed by atoms with Gasteiger partial charge in [0.05, 0.1) is 23.7 Å². The predicted molar refractivity (Wildman–Crippen MR) is 105 cm³/mol. The zero-order chi connectivity index (χ0) is 19.9. The molecule has 0 aliphatic heterocycles. The lowest BCUT2D eigenvalue weighted by molar-refractivity contribution is -0.117. The number of rotatable bonds is 8. The fraction of sp³-hybridized carbons (Fsp3) is 0.250. The van der Waals surface area contributed by atoms with E-state index in [1.165, 1.54) is 24.3 Å². The fourth-order valence-electron chi connectivity index (χ4n) is 2.72. The van der Waals surface area contributed by atoms with Gasteiger partial charge in [-0.2, -0.15) is 0 Å². The molecule has 1 aromatic heterocycles. The van der Waals surface area contributed by atoms with E-state index in [0.29, 0.717) is 41.1 Å². The summed E-state index contributed by atoms with van der Waals surface area (Å²) < 4.78 is 18.7. The van der Waals surface area contributed by atoms with Crippen molar-refractivity contribution in [2.24, 2.45) is 0 Å². The number of nitrogens with one attached hydrogen (secondary N) is 1. The van der Waals surface area contributed by atoms with Crippen molar-refractivity contribution >= 4 is 23.2 Å². The number of hydrogen-bond donors (Lipinski definition) is 1. The molecule has 8 heteroatoms. The largest absolute Gasteiger partial charge is 0.419 e. The van der Waals surface area contributed by atoms with Crippen LogP contribution in [-0.4, -0.2) is 34.1 Å². The maximum Gasteiger partial charge on any atom is 0.249 e. The predicted octanol–water partition coefficient (Wildman–Crippen LogP) is 4.38. The van der Waals surface area contributed by atoms with Crippen molar-refractivity contribution in [2.45, 2.75) is 19.9 Å². The Kier molecular flexibility index (Phi) is 6.73. The van der Waals surface area contributed by atoms with Crippen LogP contribution in [0.15, 0.2) is 52.9 Å².